The fourth-order valence-corrected chi connectivity index (χ4v) is 4.81. The van der Waals surface area contributed by atoms with Gasteiger partial charge in [-0.1, -0.05) is 0 Å². The van der Waals surface area contributed by atoms with Crippen molar-refractivity contribution in [1.82, 2.24) is 14.7 Å². The summed E-state index contributed by atoms with van der Waals surface area (Å²) < 4.78 is 75.8. The van der Waals surface area contributed by atoms with E-state index in [1.807, 2.05) is 0 Å². The third-order valence-electron chi connectivity index (χ3n) is 3.77. The fourth-order valence-electron chi connectivity index (χ4n) is 2.30. The van der Waals surface area contributed by atoms with E-state index >= 15 is 0 Å². The van der Waals surface area contributed by atoms with Crippen molar-refractivity contribution in [2.75, 3.05) is 12.4 Å². The molecule has 152 valence electrons. The maximum Gasteiger partial charge on any atom is 0.323 e. The maximum atomic E-state index is 13.4. The summed E-state index contributed by atoms with van der Waals surface area (Å²) >= 11 is 0. The Balaban J connectivity index is 1.92. The lowest BCUT2D eigenvalue weighted by Crippen LogP contribution is -2.28. The summed E-state index contributed by atoms with van der Waals surface area (Å²) in [5.41, 5.74) is 0.0582. The zero-order valence-electron chi connectivity index (χ0n) is 14.5. The van der Waals surface area contributed by atoms with Crippen LogP contribution in [0, 0.1) is 11.6 Å². The maximum absolute atomic E-state index is 13.4. The second kappa shape index (κ2) is 7.42. The average Bonchev–Trinajstić information content (AvgIpc) is 2.68. The number of anilines is 1. The number of carbonyl (C=O) groups excluding carboxylic acids is 1. The smallest absolute Gasteiger partial charge is 0.322 e. The number of rotatable bonds is 5. The van der Waals surface area contributed by atoms with E-state index in [-0.39, 0.29) is 22.2 Å². The number of amides is 1. The van der Waals surface area contributed by atoms with Crippen molar-refractivity contribution in [3.05, 3.63) is 59.9 Å². The first-order chi connectivity index (χ1) is 13.5. The first-order valence-electron chi connectivity index (χ1n) is 7.76. The van der Waals surface area contributed by atoms with Gasteiger partial charge in [-0.3, -0.25) is 9.78 Å². The molecule has 0 aliphatic heterocycles. The van der Waals surface area contributed by atoms with Gasteiger partial charge in [-0.05, 0) is 25.2 Å². The largest absolute Gasteiger partial charge is 0.323 e. The highest BCUT2D eigenvalue weighted by atomic mass is 33.2. The Morgan fingerprint density at radius 3 is 2.38 bits per heavy atom. The second-order valence-corrected chi connectivity index (χ2v) is 10.9. The zero-order valence-corrected chi connectivity index (χ0v) is 16.2. The van der Waals surface area contributed by atoms with Crippen LogP contribution in [0.25, 0.3) is 10.9 Å². The van der Waals surface area contributed by atoms with Crippen molar-refractivity contribution >= 4 is 40.4 Å². The van der Waals surface area contributed by atoms with E-state index in [2.05, 4.69) is 15.3 Å². The highest BCUT2D eigenvalue weighted by Gasteiger charge is 2.32. The topological polar surface area (TPSA) is 135 Å². The van der Waals surface area contributed by atoms with Crippen LogP contribution in [0.5, 0.6) is 0 Å². The highest BCUT2D eigenvalue weighted by molar-refractivity contribution is 8.66. The number of hydrogen-bond donors (Lipinski definition) is 2. The van der Waals surface area contributed by atoms with E-state index in [1.54, 1.807) is 4.72 Å². The predicted molar refractivity (Wildman–Crippen MR) is 99.0 cm³/mol. The molecule has 9 nitrogen and oxygen atoms in total. The SMILES string of the molecule is CNS(=O)(=O)S(=O)(=O)c1cc(NC(=O)c2cnc3cc(F)c(F)cc3c2)ccn1. The molecule has 3 aromatic rings. The Hall–Kier alpha value is -3.03. The highest BCUT2D eigenvalue weighted by Crippen LogP contribution is 2.20. The van der Waals surface area contributed by atoms with Gasteiger partial charge in [0.25, 0.3) is 5.91 Å². The van der Waals surface area contributed by atoms with Crippen molar-refractivity contribution in [2.24, 2.45) is 0 Å². The van der Waals surface area contributed by atoms with Crippen molar-refractivity contribution in [3.8, 4) is 0 Å². The van der Waals surface area contributed by atoms with Crippen LogP contribution < -0.4 is 10.0 Å². The molecule has 0 saturated carbocycles. The Morgan fingerprint density at radius 2 is 1.69 bits per heavy atom. The molecule has 13 heteroatoms. The molecule has 0 radical (unpaired) electrons. The minimum Gasteiger partial charge on any atom is -0.322 e. The van der Waals surface area contributed by atoms with E-state index in [4.69, 9.17) is 0 Å². The van der Waals surface area contributed by atoms with Crippen LogP contribution in [-0.4, -0.2) is 39.8 Å². The van der Waals surface area contributed by atoms with Gasteiger partial charge in [0.15, 0.2) is 16.7 Å². The molecule has 1 aromatic carbocycles. The molecule has 0 bridgehead atoms. The average molecular weight is 442 g/mol. The van der Waals surface area contributed by atoms with Gasteiger partial charge in [-0.25, -0.2) is 26.9 Å². The third-order valence-corrected chi connectivity index (χ3v) is 8.33. The summed E-state index contributed by atoms with van der Waals surface area (Å²) in [6.45, 7) is 0. The lowest BCUT2D eigenvalue weighted by atomic mass is 10.1. The molecule has 0 saturated heterocycles. The number of aromatic nitrogens is 2. The van der Waals surface area contributed by atoms with Crippen molar-refractivity contribution < 1.29 is 30.4 Å². The lowest BCUT2D eigenvalue weighted by molar-refractivity contribution is 0.102. The number of fused-ring (bicyclic) bond motifs is 1. The molecule has 2 N–H and O–H groups in total. The molecule has 2 aromatic heterocycles. The molecule has 0 atom stereocenters. The van der Waals surface area contributed by atoms with Crippen LogP contribution in [-0.2, 0) is 17.9 Å². The number of halogens is 2. The van der Waals surface area contributed by atoms with Gasteiger partial charge >= 0.3 is 17.9 Å². The lowest BCUT2D eigenvalue weighted by Gasteiger charge is -2.08. The number of pyridine rings is 2. The molecule has 0 spiro atoms. The van der Waals surface area contributed by atoms with Crippen molar-refractivity contribution in [3.63, 3.8) is 0 Å². The van der Waals surface area contributed by atoms with Crippen LogP contribution in [0.1, 0.15) is 10.4 Å². The van der Waals surface area contributed by atoms with Gasteiger partial charge in [0, 0.05) is 35.6 Å². The normalized spacial score (nSPS) is 12.1. The molecule has 1 amide bonds. The zero-order chi connectivity index (χ0) is 21.4. The van der Waals surface area contributed by atoms with E-state index in [0.717, 1.165) is 37.6 Å². The van der Waals surface area contributed by atoms with Crippen LogP contribution in [0.3, 0.4) is 0 Å². The Morgan fingerprint density at radius 1 is 1.00 bits per heavy atom. The summed E-state index contributed by atoms with van der Waals surface area (Å²) in [6, 6.07) is 5.14. The Bertz CT molecular complexity index is 1340. The first kappa shape index (κ1) is 20.7. The fraction of sp³-hybridized carbons (Fsp3) is 0.0625. The molecule has 0 fully saturated rings. The molecule has 0 unspecified atom stereocenters. The number of nitrogens with zero attached hydrogens (tertiary/aromatic N) is 2. The standard InChI is InChI=1S/C16H12F2N4O5S2/c1-19-29(26,27)28(24,25)15-6-11(2-3-20-15)22-16(23)10-4-9-5-12(17)13(18)7-14(9)21-8-10/h2-8,19H,1H3,(H,20,22,23). The van der Waals surface area contributed by atoms with Gasteiger partial charge in [-0.2, -0.15) is 8.42 Å². The van der Waals surface area contributed by atoms with E-state index in [0.29, 0.717) is 0 Å². The number of hydrogen-bond acceptors (Lipinski definition) is 7. The minimum atomic E-state index is -4.84. The summed E-state index contributed by atoms with van der Waals surface area (Å²) in [7, 11) is -8.62. The molecule has 2 heterocycles. The van der Waals surface area contributed by atoms with E-state index < -0.39 is 40.5 Å². The molecule has 0 aliphatic rings. The van der Waals surface area contributed by atoms with Gasteiger partial charge in [0.1, 0.15) is 0 Å². The third kappa shape index (κ3) is 3.92. The first-order valence-corrected chi connectivity index (χ1v) is 11.2. The molecule has 3 rings (SSSR count). The molecule has 29 heavy (non-hydrogen) atoms. The molecule has 0 aliphatic carbocycles. The van der Waals surface area contributed by atoms with Gasteiger partial charge < -0.3 is 5.32 Å². The van der Waals surface area contributed by atoms with E-state index in [9.17, 15) is 30.4 Å². The van der Waals surface area contributed by atoms with Crippen molar-refractivity contribution in [1.29, 1.82) is 0 Å². The van der Waals surface area contributed by atoms with Gasteiger partial charge in [-0.15, -0.1) is 0 Å². The summed E-state index contributed by atoms with van der Waals surface area (Å²) in [5.74, 6) is -2.93. The monoisotopic (exact) mass is 442 g/mol. The molecular weight excluding hydrogens is 430 g/mol. The molecular formula is C16H12F2N4O5S2. The number of carbonyl (C=O) groups is 1. The Labute approximate surface area is 163 Å². The summed E-state index contributed by atoms with van der Waals surface area (Å²) in [6.07, 6.45) is 2.13. The number of nitrogens with one attached hydrogen (secondary N) is 2. The number of benzene rings is 1. The Kier molecular flexibility index (Phi) is 5.30. The van der Waals surface area contributed by atoms with Crippen molar-refractivity contribution in [2.45, 2.75) is 5.03 Å². The van der Waals surface area contributed by atoms with Crippen LogP contribution in [0.15, 0.2) is 47.8 Å². The second-order valence-electron chi connectivity index (χ2n) is 5.63. The van der Waals surface area contributed by atoms with Crippen LogP contribution in [0.2, 0.25) is 0 Å². The minimum absolute atomic E-state index is 0.0208. The van der Waals surface area contributed by atoms with Crippen LogP contribution in [0.4, 0.5) is 14.5 Å². The van der Waals surface area contributed by atoms with Crippen LogP contribution >= 0.6 is 0 Å². The summed E-state index contributed by atoms with van der Waals surface area (Å²) in [5, 5.41) is 1.75. The summed E-state index contributed by atoms with van der Waals surface area (Å²) in [4.78, 5) is 19.8. The van der Waals surface area contributed by atoms with Gasteiger partial charge in [0.05, 0.1) is 11.1 Å². The van der Waals surface area contributed by atoms with Gasteiger partial charge in [0.2, 0.25) is 0 Å². The predicted octanol–water partition coefficient (Wildman–Crippen LogP) is 1.40. The van der Waals surface area contributed by atoms with E-state index in [1.165, 1.54) is 12.1 Å². The quantitative estimate of drug-likeness (QED) is 0.570.